The molecule has 11 heavy (non-hydrogen) atoms. The van der Waals surface area contributed by atoms with Gasteiger partial charge in [0.1, 0.15) is 11.4 Å². The molecular formula is C8H12O3. The van der Waals surface area contributed by atoms with Crippen molar-refractivity contribution in [2.24, 2.45) is 5.92 Å². The van der Waals surface area contributed by atoms with E-state index in [-0.39, 0.29) is 5.78 Å². The smallest absolute Gasteiger partial charge is 0.136 e. The lowest BCUT2D eigenvalue weighted by Crippen LogP contribution is -2.30. The molecule has 2 aliphatic rings. The first-order valence-corrected chi connectivity index (χ1v) is 4.11. The van der Waals surface area contributed by atoms with E-state index in [4.69, 9.17) is 5.26 Å². The summed E-state index contributed by atoms with van der Waals surface area (Å²) in [7, 11) is 0. The third kappa shape index (κ3) is 0.914. The third-order valence-corrected chi connectivity index (χ3v) is 3.05. The third-order valence-electron chi connectivity index (χ3n) is 3.05. The highest BCUT2D eigenvalue weighted by molar-refractivity contribution is 5.82. The summed E-state index contributed by atoms with van der Waals surface area (Å²) in [6.07, 6.45) is 4.00. The first-order valence-electron chi connectivity index (χ1n) is 4.11. The zero-order valence-electron chi connectivity index (χ0n) is 6.38. The average molecular weight is 156 g/mol. The van der Waals surface area contributed by atoms with Crippen LogP contribution in [0.1, 0.15) is 32.1 Å². The standard InChI is InChI=1S/C8H12O3/c9-7-4-6-2-1-3-8(6,5-7)11-10/h6,10H,1-5H2. The quantitative estimate of drug-likeness (QED) is 0.460. The molecular weight excluding hydrogens is 144 g/mol. The fourth-order valence-corrected chi connectivity index (χ4v) is 2.47. The van der Waals surface area contributed by atoms with E-state index >= 15 is 0 Å². The number of carbonyl (C=O) groups is 1. The van der Waals surface area contributed by atoms with Gasteiger partial charge in [-0.2, -0.15) is 0 Å². The Morgan fingerprint density at radius 1 is 1.64 bits per heavy atom. The van der Waals surface area contributed by atoms with E-state index < -0.39 is 5.60 Å². The molecule has 62 valence electrons. The number of carbonyl (C=O) groups excluding carboxylic acids is 1. The Morgan fingerprint density at radius 3 is 3.09 bits per heavy atom. The maximum Gasteiger partial charge on any atom is 0.136 e. The Bertz CT molecular complexity index is 190. The molecule has 0 aromatic heterocycles. The molecule has 2 fully saturated rings. The number of Topliss-reactive ketones (excluding diaryl/α,β-unsaturated/α-hetero) is 1. The summed E-state index contributed by atoms with van der Waals surface area (Å²) >= 11 is 0. The van der Waals surface area contributed by atoms with Gasteiger partial charge in [0.15, 0.2) is 0 Å². The van der Waals surface area contributed by atoms with E-state index in [1.165, 1.54) is 0 Å². The lowest BCUT2D eigenvalue weighted by Gasteiger charge is -2.23. The summed E-state index contributed by atoms with van der Waals surface area (Å²) in [6.45, 7) is 0. The number of rotatable bonds is 1. The van der Waals surface area contributed by atoms with E-state index in [2.05, 4.69) is 4.89 Å². The SMILES string of the molecule is O=C1CC2CCCC2(OO)C1. The van der Waals surface area contributed by atoms with Gasteiger partial charge in [0, 0.05) is 12.8 Å². The van der Waals surface area contributed by atoms with Gasteiger partial charge in [-0.15, -0.1) is 0 Å². The molecule has 2 atom stereocenters. The van der Waals surface area contributed by atoms with Gasteiger partial charge in [0.2, 0.25) is 0 Å². The van der Waals surface area contributed by atoms with Crippen LogP contribution in [0.4, 0.5) is 0 Å². The first kappa shape index (κ1) is 7.25. The van der Waals surface area contributed by atoms with Crippen molar-refractivity contribution in [3.8, 4) is 0 Å². The summed E-state index contributed by atoms with van der Waals surface area (Å²) in [4.78, 5) is 15.5. The van der Waals surface area contributed by atoms with Gasteiger partial charge in [-0.05, 0) is 18.8 Å². The highest BCUT2D eigenvalue weighted by atomic mass is 17.1. The summed E-state index contributed by atoms with van der Waals surface area (Å²) in [5.74, 6) is 0.531. The molecule has 2 aliphatic carbocycles. The Kier molecular flexibility index (Phi) is 1.51. The lowest BCUT2D eigenvalue weighted by atomic mass is 9.95. The van der Waals surface area contributed by atoms with Crippen LogP contribution in [0.15, 0.2) is 0 Å². The largest absolute Gasteiger partial charge is 0.300 e. The Morgan fingerprint density at radius 2 is 2.45 bits per heavy atom. The predicted molar refractivity (Wildman–Crippen MR) is 38.0 cm³/mol. The van der Waals surface area contributed by atoms with Crippen molar-refractivity contribution in [3.05, 3.63) is 0 Å². The maximum absolute atomic E-state index is 11.0. The molecule has 0 saturated heterocycles. The molecule has 2 unspecified atom stereocenters. The number of ketones is 1. The predicted octanol–water partition coefficient (Wildman–Crippen LogP) is 1.38. The number of hydrogen-bond acceptors (Lipinski definition) is 3. The lowest BCUT2D eigenvalue weighted by molar-refractivity contribution is -0.327. The zero-order valence-corrected chi connectivity index (χ0v) is 6.38. The van der Waals surface area contributed by atoms with Crippen molar-refractivity contribution in [2.45, 2.75) is 37.7 Å². The molecule has 0 aliphatic heterocycles. The summed E-state index contributed by atoms with van der Waals surface area (Å²) < 4.78 is 0. The molecule has 0 aromatic rings. The molecule has 0 radical (unpaired) electrons. The van der Waals surface area contributed by atoms with Crippen molar-refractivity contribution in [1.82, 2.24) is 0 Å². The summed E-state index contributed by atoms with van der Waals surface area (Å²) in [6, 6.07) is 0. The molecule has 0 amide bonds. The van der Waals surface area contributed by atoms with Gasteiger partial charge < -0.3 is 0 Å². The van der Waals surface area contributed by atoms with E-state index in [0.717, 1.165) is 19.3 Å². The molecule has 0 spiro atoms. The van der Waals surface area contributed by atoms with E-state index in [1.807, 2.05) is 0 Å². The van der Waals surface area contributed by atoms with Crippen LogP contribution in [0.5, 0.6) is 0 Å². The summed E-state index contributed by atoms with van der Waals surface area (Å²) in [5.41, 5.74) is -0.475. The fraction of sp³-hybridized carbons (Fsp3) is 0.875. The molecule has 0 bridgehead atoms. The minimum atomic E-state index is -0.475. The van der Waals surface area contributed by atoms with Gasteiger partial charge in [-0.3, -0.25) is 10.1 Å². The van der Waals surface area contributed by atoms with E-state index in [9.17, 15) is 4.79 Å². The normalized spacial score (nSPS) is 43.0. The second kappa shape index (κ2) is 2.29. The maximum atomic E-state index is 11.0. The second-order valence-electron chi connectivity index (χ2n) is 3.66. The Labute approximate surface area is 65.3 Å². The monoisotopic (exact) mass is 156 g/mol. The van der Waals surface area contributed by atoms with Crippen LogP contribution in [-0.2, 0) is 9.68 Å². The van der Waals surface area contributed by atoms with Gasteiger partial charge in [-0.25, -0.2) is 4.89 Å². The van der Waals surface area contributed by atoms with Crippen molar-refractivity contribution in [2.75, 3.05) is 0 Å². The van der Waals surface area contributed by atoms with Crippen LogP contribution in [0, 0.1) is 5.92 Å². The topological polar surface area (TPSA) is 46.5 Å². The van der Waals surface area contributed by atoms with Crippen LogP contribution < -0.4 is 0 Å². The molecule has 1 N–H and O–H groups in total. The number of hydrogen-bond donors (Lipinski definition) is 1. The van der Waals surface area contributed by atoms with Crippen molar-refractivity contribution >= 4 is 5.78 Å². The minimum absolute atomic E-state index is 0.240. The highest BCUT2D eigenvalue weighted by Gasteiger charge is 2.51. The van der Waals surface area contributed by atoms with Gasteiger partial charge in [0.05, 0.1) is 0 Å². The number of fused-ring (bicyclic) bond motifs is 1. The average Bonchev–Trinajstić information content (AvgIpc) is 2.43. The minimum Gasteiger partial charge on any atom is -0.300 e. The van der Waals surface area contributed by atoms with Crippen molar-refractivity contribution < 1.29 is 14.9 Å². The molecule has 3 nitrogen and oxygen atoms in total. The Balaban J connectivity index is 2.21. The first-order chi connectivity index (χ1) is 5.27. The summed E-state index contributed by atoms with van der Waals surface area (Å²) in [5, 5.41) is 8.69. The van der Waals surface area contributed by atoms with E-state index in [0.29, 0.717) is 18.8 Å². The fourth-order valence-electron chi connectivity index (χ4n) is 2.47. The molecule has 0 heterocycles. The zero-order chi connectivity index (χ0) is 7.90. The van der Waals surface area contributed by atoms with Crippen LogP contribution in [0.2, 0.25) is 0 Å². The van der Waals surface area contributed by atoms with Crippen molar-refractivity contribution in [1.29, 1.82) is 0 Å². The van der Waals surface area contributed by atoms with E-state index in [1.54, 1.807) is 0 Å². The van der Waals surface area contributed by atoms with Crippen LogP contribution in [0.25, 0.3) is 0 Å². The van der Waals surface area contributed by atoms with Crippen LogP contribution >= 0.6 is 0 Å². The van der Waals surface area contributed by atoms with Gasteiger partial charge in [0.25, 0.3) is 0 Å². The molecule has 2 saturated carbocycles. The molecule has 2 rings (SSSR count). The second-order valence-corrected chi connectivity index (χ2v) is 3.66. The molecule has 3 heteroatoms. The molecule has 0 aromatic carbocycles. The van der Waals surface area contributed by atoms with Gasteiger partial charge in [-0.1, -0.05) is 6.42 Å². The Hall–Kier alpha value is -0.410. The van der Waals surface area contributed by atoms with Crippen LogP contribution in [-0.4, -0.2) is 16.6 Å². The van der Waals surface area contributed by atoms with Crippen LogP contribution in [0.3, 0.4) is 0 Å². The van der Waals surface area contributed by atoms with Crippen molar-refractivity contribution in [3.63, 3.8) is 0 Å². The van der Waals surface area contributed by atoms with Gasteiger partial charge >= 0.3 is 0 Å². The highest BCUT2D eigenvalue weighted by Crippen LogP contribution is 2.47.